The molecule has 3 aromatic rings. The molecule has 0 saturated carbocycles. The molecule has 1 atom stereocenters. The van der Waals surface area contributed by atoms with Crippen LogP contribution in [0.25, 0.3) is 0 Å². The molecule has 1 amide bonds. The van der Waals surface area contributed by atoms with Crippen LogP contribution in [0.5, 0.6) is 11.5 Å². The summed E-state index contributed by atoms with van der Waals surface area (Å²) < 4.78 is 11.4. The molecule has 1 unspecified atom stereocenters. The summed E-state index contributed by atoms with van der Waals surface area (Å²) in [5.41, 5.74) is 1.91. The lowest BCUT2D eigenvalue weighted by molar-refractivity contribution is -0.120. The van der Waals surface area contributed by atoms with E-state index in [1.165, 1.54) is 23.1 Å². The maximum atomic E-state index is 12.4. The normalized spacial score (nSPS) is 13.2. The van der Waals surface area contributed by atoms with Crippen LogP contribution in [-0.2, 0) is 11.3 Å². The van der Waals surface area contributed by atoms with Gasteiger partial charge in [0.05, 0.1) is 5.25 Å². The molecule has 0 bridgehead atoms. The Hall–Kier alpha value is -2.78. The van der Waals surface area contributed by atoms with Crippen LogP contribution in [0.1, 0.15) is 12.5 Å². The SMILES string of the molecule is CC(Sc1nnc(Nc2ccccc2)s1)C(=O)NCc1ccc2c(c1)OCO2. The molecule has 28 heavy (non-hydrogen) atoms. The molecule has 9 heteroatoms. The van der Waals surface area contributed by atoms with Crippen LogP contribution in [0.2, 0.25) is 0 Å². The Balaban J connectivity index is 1.28. The lowest BCUT2D eigenvalue weighted by Crippen LogP contribution is -2.30. The number of fused-ring (bicyclic) bond motifs is 1. The summed E-state index contributed by atoms with van der Waals surface area (Å²) in [6.07, 6.45) is 0. The first-order chi connectivity index (χ1) is 13.7. The number of hydrogen-bond acceptors (Lipinski definition) is 8. The quantitative estimate of drug-likeness (QED) is 0.569. The summed E-state index contributed by atoms with van der Waals surface area (Å²) in [7, 11) is 0. The molecular weight excluding hydrogens is 396 g/mol. The zero-order valence-electron chi connectivity index (χ0n) is 15.0. The molecule has 0 saturated heterocycles. The lowest BCUT2D eigenvalue weighted by atomic mass is 10.2. The number of carbonyl (C=O) groups excluding carboxylic acids is 1. The largest absolute Gasteiger partial charge is 0.454 e. The summed E-state index contributed by atoms with van der Waals surface area (Å²) in [4.78, 5) is 12.4. The van der Waals surface area contributed by atoms with E-state index in [9.17, 15) is 4.79 Å². The molecule has 0 fully saturated rings. The third-order valence-corrected chi connectivity index (χ3v) is 6.00. The Morgan fingerprint density at radius 1 is 1.18 bits per heavy atom. The van der Waals surface area contributed by atoms with Gasteiger partial charge in [0.2, 0.25) is 17.8 Å². The van der Waals surface area contributed by atoms with E-state index in [4.69, 9.17) is 9.47 Å². The number of nitrogens with zero attached hydrogens (tertiary/aromatic N) is 2. The van der Waals surface area contributed by atoms with Crippen LogP contribution in [0.3, 0.4) is 0 Å². The second-order valence-electron chi connectivity index (χ2n) is 6.03. The Labute approximate surface area is 170 Å². The van der Waals surface area contributed by atoms with Crippen molar-refractivity contribution in [3.05, 3.63) is 54.1 Å². The number of aromatic nitrogens is 2. The van der Waals surface area contributed by atoms with Crippen LogP contribution >= 0.6 is 23.1 Å². The van der Waals surface area contributed by atoms with Crippen molar-refractivity contribution in [2.24, 2.45) is 0 Å². The van der Waals surface area contributed by atoms with E-state index in [0.29, 0.717) is 17.4 Å². The van der Waals surface area contributed by atoms with E-state index in [0.717, 1.165) is 21.3 Å². The molecule has 1 aliphatic heterocycles. The van der Waals surface area contributed by atoms with Crippen molar-refractivity contribution in [2.45, 2.75) is 23.1 Å². The first-order valence-corrected chi connectivity index (χ1v) is 10.4. The Kier molecular flexibility index (Phi) is 5.63. The summed E-state index contributed by atoms with van der Waals surface area (Å²) in [6.45, 7) is 2.52. The Morgan fingerprint density at radius 2 is 2.00 bits per heavy atom. The molecule has 4 rings (SSSR count). The second kappa shape index (κ2) is 8.49. The van der Waals surface area contributed by atoms with Crippen molar-refractivity contribution in [3.63, 3.8) is 0 Å². The van der Waals surface area contributed by atoms with Gasteiger partial charge >= 0.3 is 0 Å². The predicted octanol–water partition coefficient (Wildman–Crippen LogP) is 3.81. The fraction of sp³-hybridized carbons (Fsp3) is 0.211. The van der Waals surface area contributed by atoms with Crippen LogP contribution in [-0.4, -0.2) is 28.1 Å². The highest BCUT2D eigenvalue weighted by Crippen LogP contribution is 2.33. The molecule has 1 aromatic heterocycles. The van der Waals surface area contributed by atoms with Crippen LogP contribution in [0.4, 0.5) is 10.8 Å². The Bertz CT molecular complexity index is 965. The predicted molar refractivity (Wildman–Crippen MR) is 109 cm³/mol. The van der Waals surface area contributed by atoms with Crippen molar-refractivity contribution in [2.75, 3.05) is 12.1 Å². The maximum absolute atomic E-state index is 12.4. The highest BCUT2D eigenvalue weighted by molar-refractivity contribution is 8.02. The van der Waals surface area contributed by atoms with Crippen LogP contribution in [0.15, 0.2) is 52.9 Å². The average Bonchev–Trinajstić information content (AvgIpc) is 3.35. The highest BCUT2D eigenvalue weighted by atomic mass is 32.2. The molecule has 0 radical (unpaired) electrons. The molecule has 1 aliphatic rings. The summed E-state index contributed by atoms with van der Waals surface area (Å²) in [6, 6.07) is 15.4. The van der Waals surface area contributed by atoms with Gasteiger partial charge in [-0.2, -0.15) is 0 Å². The number of nitrogens with one attached hydrogen (secondary N) is 2. The van der Waals surface area contributed by atoms with Gasteiger partial charge in [-0.25, -0.2) is 0 Å². The average molecular weight is 415 g/mol. The minimum Gasteiger partial charge on any atom is -0.454 e. The number of amides is 1. The molecule has 2 N–H and O–H groups in total. The molecular formula is C19H18N4O3S2. The first kappa shape index (κ1) is 18.6. The summed E-state index contributed by atoms with van der Waals surface area (Å²) >= 11 is 2.81. The minimum absolute atomic E-state index is 0.0598. The Morgan fingerprint density at radius 3 is 2.86 bits per heavy atom. The fourth-order valence-corrected chi connectivity index (χ4v) is 4.48. The molecule has 0 spiro atoms. The maximum Gasteiger partial charge on any atom is 0.233 e. The van der Waals surface area contributed by atoms with Gasteiger partial charge in [-0.1, -0.05) is 47.4 Å². The van der Waals surface area contributed by atoms with Gasteiger partial charge < -0.3 is 20.1 Å². The number of anilines is 2. The molecule has 144 valence electrons. The second-order valence-corrected chi connectivity index (χ2v) is 8.60. The van der Waals surface area contributed by atoms with Crippen molar-refractivity contribution in [1.29, 1.82) is 0 Å². The monoisotopic (exact) mass is 414 g/mol. The van der Waals surface area contributed by atoms with Gasteiger partial charge in [0, 0.05) is 12.2 Å². The van der Waals surface area contributed by atoms with Crippen molar-refractivity contribution in [3.8, 4) is 11.5 Å². The molecule has 7 nitrogen and oxygen atoms in total. The number of thioether (sulfide) groups is 1. The topological polar surface area (TPSA) is 85.4 Å². The van der Waals surface area contributed by atoms with Gasteiger partial charge in [-0.15, -0.1) is 10.2 Å². The van der Waals surface area contributed by atoms with Gasteiger partial charge in [-0.05, 0) is 36.8 Å². The lowest BCUT2D eigenvalue weighted by Gasteiger charge is -2.10. The van der Waals surface area contributed by atoms with E-state index in [1.54, 1.807) is 0 Å². The van der Waals surface area contributed by atoms with Gasteiger partial charge in [0.15, 0.2) is 15.8 Å². The van der Waals surface area contributed by atoms with E-state index < -0.39 is 0 Å². The van der Waals surface area contributed by atoms with Gasteiger partial charge in [0.1, 0.15) is 0 Å². The van der Waals surface area contributed by atoms with Crippen molar-refractivity contribution >= 4 is 39.8 Å². The van der Waals surface area contributed by atoms with Gasteiger partial charge in [0.25, 0.3) is 0 Å². The smallest absolute Gasteiger partial charge is 0.233 e. The highest BCUT2D eigenvalue weighted by Gasteiger charge is 2.18. The number of benzene rings is 2. The summed E-state index contributed by atoms with van der Waals surface area (Å²) in [5.74, 6) is 1.38. The third-order valence-electron chi connectivity index (χ3n) is 3.98. The van der Waals surface area contributed by atoms with Crippen molar-refractivity contribution in [1.82, 2.24) is 15.5 Å². The molecule has 2 heterocycles. The molecule has 2 aromatic carbocycles. The fourth-order valence-electron chi connectivity index (χ4n) is 2.54. The van der Waals surface area contributed by atoms with Crippen molar-refractivity contribution < 1.29 is 14.3 Å². The number of para-hydroxylation sites is 1. The number of rotatable bonds is 7. The number of ether oxygens (including phenoxy) is 2. The zero-order valence-corrected chi connectivity index (χ0v) is 16.7. The third kappa shape index (κ3) is 4.55. The van der Waals surface area contributed by atoms with Gasteiger partial charge in [-0.3, -0.25) is 4.79 Å². The zero-order chi connectivity index (χ0) is 19.3. The first-order valence-electron chi connectivity index (χ1n) is 8.66. The van der Waals surface area contributed by atoms with E-state index in [1.807, 2.05) is 55.5 Å². The van der Waals surface area contributed by atoms with E-state index in [-0.39, 0.29) is 18.0 Å². The standard InChI is InChI=1S/C19H18N4O3S2/c1-12(17(24)20-10-13-7-8-15-16(9-13)26-11-25-15)27-19-23-22-18(28-19)21-14-5-3-2-4-6-14/h2-9,12H,10-11H2,1H3,(H,20,24)(H,21,22). The number of carbonyl (C=O) groups is 1. The van der Waals surface area contributed by atoms with E-state index in [2.05, 4.69) is 20.8 Å². The van der Waals surface area contributed by atoms with Crippen LogP contribution in [0, 0.1) is 0 Å². The number of hydrogen-bond donors (Lipinski definition) is 2. The van der Waals surface area contributed by atoms with E-state index >= 15 is 0 Å². The summed E-state index contributed by atoms with van der Waals surface area (Å²) in [5, 5.41) is 14.8. The van der Waals surface area contributed by atoms with Crippen LogP contribution < -0.4 is 20.1 Å². The minimum atomic E-state index is -0.286. The molecule has 0 aliphatic carbocycles.